The third-order valence-corrected chi connectivity index (χ3v) is 2.58. The largest absolute Gasteiger partial charge is 0.368 e. The van der Waals surface area contributed by atoms with Crippen LogP contribution in [-0.2, 0) is 6.54 Å². The van der Waals surface area contributed by atoms with Gasteiger partial charge < -0.3 is 11.1 Å². The Morgan fingerprint density at radius 3 is 2.67 bits per heavy atom. The zero-order chi connectivity index (χ0) is 13.1. The molecule has 5 heteroatoms. The quantitative estimate of drug-likeness (QED) is 0.873. The number of anilines is 2. The Morgan fingerprint density at radius 2 is 2.00 bits per heavy atom. The highest BCUT2D eigenvalue weighted by Crippen LogP contribution is 2.12. The van der Waals surface area contributed by atoms with E-state index in [0.29, 0.717) is 17.9 Å². The fourth-order valence-electron chi connectivity index (χ4n) is 1.62. The summed E-state index contributed by atoms with van der Waals surface area (Å²) in [4.78, 5) is 8.03. The van der Waals surface area contributed by atoms with Crippen LogP contribution < -0.4 is 11.1 Å². The number of nitrogens with two attached hydrogens (primary N) is 1. The molecule has 0 amide bonds. The van der Waals surface area contributed by atoms with Gasteiger partial charge in [0.25, 0.3) is 0 Å². The van der Waals surface area contributed by atoms with Crippen LogP contribution in [0.5, 0.6) is 0 Å². The molecule has 1 heterocycles. The predicted octanol–water partition coefficient (Wildman–Crippen LogP) is 2.43. The summed E-state index contributed by atoms with van der Waals surface area (Å²) in [5.41, 5.74) is 7.84. The predicted molar refractivity (Wildman–Crippen MR) is 69.6 cm³/mol. The van der Waals surface area contributed by atoms with Crippen LogP contribution in [-0.4, -0.2) is 9.97 Å². The van der Waals surface area contributed by atoms with Crippen molar-refractivity contribution < 1.29 is 4.39 Å². The molecule has 1 aromatic heterocycles. The standard InChI is InChI=1S/C13H15FN4/c1-8-3-4-10(6-11(8)14)7-16-12-5-9(2)17-13(15)18-12/h3-6H,7H2,1-2H3,(H3,15,16,17,18). The number of hydrogen-bond donors (Lipinski definition) is 2. The third-order valence-electron chi connectivity index (χ3n) is 2.58. The van der Waals surface area contributed by atoms with Gasteiger partial charge in [-0.05, 0) is 31.0 Å². The number of halogens is 1. The zero-order valence-electron chi connectivity index (χ0n) is 10.4. The van der Waals surface area contributed by atoms with Crippen LogP contribution >= 0.6 is 0 Å². The molecule has 0 unspecified atom stereocenters. The molecular formula is C13H15FN4. The molecule has 0 radical (unpaired) electrons. The summed E-state index contributed by atoms with van der Waals surface area (Å²) in [7, 11) is 0. The first-order valence-electron chi connectivity index (χ1n) is 5.64. The van der Waals surface area contributed by atoms with E-state index < -0.39 is 0 Å². The van der Waals surface area contributed by atoms with Crippen LogP contribution in [0.2, 0.25) is 0 Å². The van der Waals surface area contributed by atoms with Gasteiger partial charge in [-0.1, -0.05) is 12.1 Å². The Morgan fingerprint density at radius 1 is 1.22 bits per heavy atom. The van der Waals surface area contributed by atoms with Gasteiger partial charge in [-0.2, -0.15) is 4.98 Å². The Balaban J connectivity index is 2.08. The maximum absolute atomic E-state index is 13.4. The Bertz CT molecular complexity index is 549. The van der Waals surface area contributed by atoms with E-state index in [1.54, 1.807) is 19.1 Å². The second-order valence-electron chi connectivity index (χ2n) is 4.19. The number of aromatic nitrogens is 2. The van der Waals surface area contributed by atoms with Crippen molar-refractivity contribution in [1.82, 2.24) is 9.97 Å². The van der Waals surface area contributed by atoms with Crippen LogP contribution in [0, 0.1) is 19.7 Å². The Labute approximate surface area is 105 Å². The Hall–Kier alpha value is -2.17. The number of nitrogens with zero attached hydrogens (tertiary/aromatic N) is 2. The second-order valence-corrected chi connectivity index (χ2v) is 4.19. The third kappa shape index (κ3) is 2.94. The van der Waals surface area contributed by atoms with E-state index in [9.17, 15) is 4.39 Å². The van der Waals surface area contributed by atoms with Crippen LogP contribution in [0.4, 0.5) is 16.2 Å². The normalized spacial score (nSPS) is 10.4. The van der Waals surface area contributed by atoms with Gasteiger partial charge in [0.15, 0.2) is 0 Å². The van der Waals surface area contributed by atoms with Crippen molar-refractivity contribution in [2.75, 3.05) is 11.1 Å². The lowest BCUT2D eigenvalue weighted by Gasteiger charge is -2.07. The SMILES string of the molecule is Cc1cc(NCc2ccc(C)c(F)c2)nc(N)n1. The summed E-state index contributed by atoms with van der Waals surface area (Å²) < 4.78 is 13.4. The van der Waals surface area contributed by atoms with E-state index in [-0.39, 0.29) is 11.8 Å². The van der Waals surface area contributed by atoms with Crippen molar-refractivity contribution in [3.8, 4) is 0 Å². The number of rotatable bonds is 3. The summed E-state index contributed by atoms with van der Waals surface area (Å²) in [6, 6.07) is 6.94. The first kappa shape index (κ1) is 12.3. The second kappa shape index (κ2) is 5.00. The minimum atomic E-state index is -0.201. The van der Waals surface area contributed by atoms with Gasteiger partial charge in [-0.25, -0.2) is 9.37 Å². The fraction of sp³-hybridized carbons (Fsp3) is 0.231. The number of benzene rings is 1. The Kier molecular flexibility index (Phi) is 3.41. The number of nitrogens with one attached hydrogen (secondary N) is 1. The summed E-state index contributed by atoms with van der Waals surface area (Å²) >= 11 is 0. The fourth-order valence-corrected chi connectivity index (χ4v) is 1.62. The smallest absolute Gasteiger partial charge is 0.222 e. The molecule has 3 N–H and O–H groups in total. The summed E-state index contributed by atoms with van der Waals surface area (Å²) in [5, 5.41) is 3.09. The molecule has 0 aliphatic heterocycles. The van der Waals surface area contributed by atoms with E-state index >= 15 is 0 Å². The summed E-state index contributed by atoms with van der Waals surface area (Å²) in [6.45, 7) is 4.07. The molecule has 2 aromatic rings. The number of nitrogen functional groups attached to an aromatic ring is 1. The number of hydrogen-bond acceptors (Lipinski definition) is 4. The lowest BCUT2D eigenvalue weighted by molar-refractivity contribution is 0.616. The van der Waals surface area contributed by atoms with Crippen LogP contribution in [0.1, 0.15) is 16.8 Å². The van der Waals surface area contributed by atoms with E-state index in [4.69, 9.17) is 5.73 Å². The monoisotopic (exact) mass is 246 g/mol. The van der Waals surface area contributed by atoms with E-state index in [1.807, 2.05) is 13.0 Å². The van der Waals surface area contributed by atoms with Crippen molar-refractivity contribution >= 4 is 11.8 Å². The molecular weight excluding hydrogens is 231 g/mol. The molecule has 0 saturated heterocycles. The highest BCUT2D eigenvalue weighted by molar-refractivity contribution is 5.41. The van der Waals surface area contributed by atoms with E-state index in [2.05, 4.69) is 15.3 Å². The minimum Gasteiger partial charge on any atom is -0.368 e. The van der Waals surface area contributed by atoms with E-state index in [1.165, 1.54) is 6.07 Å². The average Bonchev–Trinajstić information content (AvgIpc) is 2.29. The topological polar surface area (TPSA) is 63.8 Å². The molecule has 94 valence electrons. The molecule has 0 spiro atoms. The van der Waals surface area contributed by atoms with Crippen LogP contribution in [0.15, 0.2) is 24.3 Å². The van der Waals surface area contributed by atoms with Gasteiger partial charge in [0.2, 0.25) is 5.95 Å². The zero-order valence-corrected chi connectivity index (χ0v) is 10.4. The highest BCUT2D eigenvalue weighted by atomic mass is 19.1. The molecule has 0 fully saturated rings. The molecule has 18 heavy (non-hydrogen) atoms. The first-order valence-corrected chi connectivity index (χ1v) is 5.64. The van der Waals surface area contributed by atoms with Crippen molar-refractivity contribution in [2.45, 2.75) is 20.4 Å². The van der Waals surface area contributed by atoms with Gasteiger partial charge in [0.1, 0.15) is 11.6 Å². The molecule has 0 aliphatic rings. The van der Waals surface area contributed by atoms with Gasteiger partial charge in [-0.3, -0.25) is 0 Å². The van der Waals surface area contributed by atoms with Gasteiger partial charge >= 0.3 is 0 Å². The molecule has 0 saturated carbocycles. The molecule has 1 aromatic carbocycles. The maximum atomic E-state index is 13.4. The van der Waals surface area contributed by atoms with Crippen molar-refractivity contribution in [1.29, 1.82) is 0 Å². The lowest BCUT2D eigenvalue weighted by atomic mass is 10.1. The number of aryl methyl sites for hydroxylation is 2. The molecule has 0 aliphatic carbocycles. The van der Waals surface area contributed by atoms with Crippen LogP contribution in [0.3, 0.4) is 0 Å². The van der Waals surface area contributed by atoms with Crippen molar-refractivity contribution in [3.63, 3.8) is 0 Å². The minimum absolute atomic E-state index is 0.201. The molecule has 2 rings (SSSR count). The van der Waals surface area contributed by atoms with Crippen LogP contribution in [0.25, 0.3) is 0 Å². The van der Waals surface area contributed by atoms with Gasteiger partial charge in [0.05, 0.1) is 0 Å². The van der Waals surface area contributed by atoms with Crippen molar-refractivity contribution in [3.05, 3.63) is 46.9 Å². The maximum Gasteiger partial charge on any atom is 0.222 e. The van der Waals surface area contributed by atoms with Crippen molar-refractivity contribution in [2.24, 2.45) is 0 Å². The average molecular weight is 246 g/mol. The van der Waals surface area contributed by atoms with E-state index in [0.717, 1.165) is 11.3 Å². The first-order chi connectivity index (χ1) is 8.54. The highest BCUT2D eigenvalue weighted by Gasteiger charge is 2.01. The lowest BCUT2D eigenvalue weighted by Crippen LogP contribution is -2.05. The molecule has 0 bridgehead atoms. The van der Waals surface area contributed by atoms with Gasteiger partial charge in [0, 0.05) is 18.3 Å². The molecule has 0 atom stereocenters. The summed E-state index contributed by atoms with van der Waals surface area (Å²) in [6.07, 6.45) is 0. The summed E-state index contributed by atoms with van der Waals surface area (Å²) in [5.74, 6) is 0.668. The molecule has 4 nitrogen and oxygen atoms in total. The van der Waals surface area contributed by atoms with Gasteiger partial charge in [-0.15, -0.1) is 0 Å².